The summed E-state index contributed by atoms with van der Waals surface area (Å²) < 4.78 is 2.18. The molecule has 0 saturated heterocycles. The minimum atomic E-state index is 1.13. The van der Waals surface area contributed by atoms with Crippen molar-refractivity contribution in [2.24, 2.45) is 0 Å². The van der Waals surface area contributed by atoms with E-state index in [4.69, 9.17) is 11.1 Å². The molecule has 0 aliphatic heterocycles. The van der Waals surface area contributed by atoms with Crippen LogP contribution in [0.5, 0.6) is 0 Å². The van der Waals surface area contributed by atoms with Gasteiger partial charge in [0.25, 0.3) is 0 Å². The van der Waals surface area contributed by atoms with Crippen LogP contribution >= 0.6 is 0 Å². The van der Waals surface area contributed by atoms with Crippen LogP contribution in [-0.2, 0) is 6.54 Å². The first kappa shape index (κ1) is 10.5. The van der Waals surface area contributed by atoms with Crippen LogP contribution in [0.3, 0.4) is 0 Å². The van der Waals surface area contributed by atoms with E-state index in [1.54, 1.807) is 0 Å². The van der Waals surface area contributed by atoms with Crippen molar-refractivity contribution >= 4 is 0 Å². The van der Waals surface area contributed by atoms with Gasteiger partial charge < -0.3 is 11.1 Å². The first-order chi connectivity index (χ1) is 5.85. The predicted molar refractivity (Wildman–Crippen MR) is 47.0 cm³/mol. The first-order valence-corrected chi connectivity index (χ1v) is 3.77. The van der Waals surface area contributed by atoms with Crippen LogP contribution in [0.1, 0.15) is 13.3 Å². The smallest absolute Gasteiger partial charge is 0.168 e. The molecule has 0 atom stereocenters. The molecule has 0 radical (unpaired) electrons. The lowest BCUT2D eigenvalue weighted by atomic mass is 10.4. The maximum Gasteiger partial charge on any atom is 0.168 e. The van der Waals surface area contributed by atoms with Gasteiger partial charge in [-0.05, 0) is 0 Å². The zero-order valence-corrected chi connectivity index (χ0v) is 7.09. The molecule has 0 N–H and O–H groups in total. The summed E-state index contributed by atoms with van der Waals surface area (Å²) in [7, 11) is 0. The van der Waals surface area contributed by atoms with Gasteiger partial charge in [-0.15, -0.1) is 0 Å². The van der Waals surface area contributed by atoms with Crippen molar-refractivity contribution in [1.29, 1.82) is 0 Å². The maximum atomic E-state index is 6.75. The summed E-state index contributed by atoms with van der Waals surface area (Å²) in [6.45, 7) is 3.31. The Morgan fingerprint density at radius 2 is 1.67 bits per heavy atom. The lowest BCUT2D eigenvalue weighted by molar-refractivity contribution is -0.697. The van der Waals surface area contributed by atoms with E-state index in [1.807, 2.05) is 6.07 Å². The lowest BCUT2D eigenvalue weighted by Crippen LogP contribution is -2.31. The largest absolute Gasteiger partial charge is 0.373 e. The number of nitrogens with zero attached hydrogens (tertiary/aromatic N) is 4. The third-order valence-electron chi connectivity index (χ3n) is 1.26. The molecule has 12 heavy (non-hydrogen) atoms. The summed E-state index contributed by atoms with van der Waals surface area (Å²) in [5.41, 5.74) is 13.5. The number of pyridine rings is 1. The van der Waals surface area contributed by atoms with E-state index < -0.39 is 0 Å². The minimum absolute atomic E-state index is 1.13. The van der Waals surface area contributed by atoms with Crippen LogP contribution in [-0.4, -0.2) is 0 Å². The average molecular weight is 164 g/mol. The van der Waals surface area contributed by atoms with Gasteiger partial charge in [0.2, 0.25) is 0 Å². The van der Waals surface area contributed by atoms with Crippen molar-refractivity contribution in [3.05, 3.63) is 46.6 Å². The second kappa shape index (κ2) is 7.57. The van der Waals surface area contributed by atoms with E-state index in [-0.39, 0.29) is 0 Å². The molecular weight excluding hydrogens is 152 g/mol. The fourth-order valence-electron chi connectivity index (χ4n) is 0.842. The Labute approximate surface area is 71.9 Å². The molecule has 0 aromatic carbocycles. The van der Waals surface area contributed by atoms with E-state index in [1.165, 1.54) is 11.3 Å². The Balaban J connectivity index is 0.000000354. The van der Waals surface area contributed by atoms with Crippen LogP contribution in [0.2, 0.25) is 0 Å². The summed E-state index contributed by atoms with van der Waals surface area (Å²) in [5.74, 6) is 0. The monoisotopic (exact) mass is 164 g/mol. The average Bonchev–Trinajstić information content (AvgIpc) is 2.08. The van der Waals surface area contributed by atoms with Gasteiger partial charge in [-0.3, -0.25) is 4.91 Å². The molecule has 0 spiro atoms. The van der Waals surface area contributed by atoms with Crippen LogP contribution in [0.15, 0.2) is 30.6 Å². The predicted octanol–water partition coefficient (Wildman–Crippen LogP) is 2.25. The molecule has 0 aliphatic rings. The van der Waals surface area contributed by atoms with Gasteiger partial charge in [0.15, 0.2) is 12.4 Å². The molecule has 0 amide bonds. The summed E-state index contributed by atoms with van der Waals surface area (Å²) in [4.78, 5) is 1.50. The molecule has 64 valence electrons. The molecule has 1 heterocycles. The first-order valence-electron chi connectivity index (χ1n) is 3.77. The van der Waals surface area contributed by atoms with Gasteiger partial charge in [-0.2, -0.15) is 0 Å². The van der Waals surface area contributed by atoms with E-state index in [0.29, 0.717) is 0 Å². The molecule has 4 nitrogen and oxygen atoms in total. The van der Waals surface area contributed by atoms with E-state index in [0.717, 1.165) is 6.54 Å². The van der Waals surface area contributed by atoms with Crippen molar-refractivity contribution < 1.29 is 4.57 Å². The standard InChI is InChI=1S/C8H12N.N3/c1-2-6-9-7-4-3-5-8-9;1-3-2/h3-5,7-8H,2,6H2,1H3;/q+1;-1. The number of rotatable bonds is 2. The van der Waals surface area contributed by atoms with Crippen molar-refractivity contribution in [2.45, 2.75) is 19.9 Å². The molecule has 0 fully saturated rings. The molecule has 1 rings (SSSR count). The third-order valence-corrected chi connectivity index (χ3v) is 1.26. The van der Waals surface area contributed by atoms with Gasteiger partial charge in [-0.25, -0.2) is 4.57 Å². The Kier molecular flexibility index (Phi) is 6.59. The molecular formula is C8H12N4. The minimum Gasteiger partial charge on any atom is -0.373 e. The van der Waals surface area contributed by atoms with Crippen LogP contribution in [0, 0.1) is 0 Å². The highest BCUT2D eigenvalue weighted by atomic mass is 15.0. The molecule has 1 aromatic rings. The van der Waals surface area contributed by atoms with Gasteiger partial charge >= 0.3 is 0 Å². The number of aryl methyl sites for hydroxylation is 1. The quantitative estimate of drug-likeness (QED) is 0.278. The zero-order chi connectivity index (χ0) is 9.23. The fourth-order valence-corrected chi connectivity index (χ4v) is 0.842. The Hall–Kier alpha value is -1.54. The maximum absolute atomic E-state index is 6.75. The molecule has 0 aliphatic carbocycles. The summed E-state index contributed by atoms with van der Waals surface area (Å²) in [6, 6.07) is 6.14. The second-order valence-electron chi connectivity index (χ2n) is 2.20. The SMILES string of the molecule is CCC[n+]1ccccc1.[N-]=[N+]=[N-]. The number of hydrogen-bond donors (Lipinski definition) is 0. The summed E-state index contributed by atoms with van der Waals surface area (Å²) in [5, 5.41) is 0. The number of hydrogen-bond acceptors (Lipinski definition) is 0. The van der Waals surface area contributed by atoms with Gasteiger partial charge in [-0.1, -0.05) is 13.0 Å². The summed E-state index contributed by atoms with van der Waals surface area (Å²) >= 11 is 0. The summed E-state index contributed by atoms with van der Waals surface area (Å²) in [6.07, 6.45) is 5.38. The van der Waals surface area contributed by atoms with Gasteiger partial charge in [0, 0.05) is 18.6 Å². The van der Waals surface area contributed by atoms with E-state index in [9.17, 15) is 0 Å². The van der Waals surface area contributed by atoms with Crippen molar-refractivity contribution in [1.82, 2.24) is 0 Å². The second-order valence-corrected chi connectivity index (χ2v) is 2.20. The number of aromatic nitrogens is 1. The van der Waals surface area contributed by atoms with Crippen LogP contribution in [0.4, 0.5) is 0 Å². The van der Waals surface area contributed by atoms with Crippen LogP contribution < -0.4 is 4.57 Å². The molecule has 4 heteroatoms. The highest BCUT2D eigenvalue weighted by Crippen LogP contribution is 1.78. The van der Waals surface area contributed by atoms with Crippen molar-refractivity contribution in [3.8, 4) is 0 Å². The third kappa shape index (κ3) is 5.26. The Bertz CT molecular complexity index is 226. The van der Waals surface area contributed by atoms with Crippen molar-refractivity contribution in [2.75, 3.05) is 0 Å². The molecule has 0 saturated carbocycles. The topological polar surface area (TPSA) is 62.6 Å². The lowest BCUT2D eigenvalue weighted by Gasteiger charge is -1.88. The highest BCUT2D eigenvalue weighted by molar-refractivity contribution is 4.83. The normalized spacial score (nSPS) is 7.75. The fraction of sp³-hybridized carbons (Fsp3) is 0.375. The zero-order valence-electron chi connectivity index (χ0n) is 7.09. The Morgan fingerprint density at radius 1 is 1.17 bits per heavy atom. The molecule has 0 bridgehead atoms. The van der Waals surface area contributed by atoms with Crippen LogP contribution in [0.25, 0.3) is 16.0 Å². The molecule has 1 aromatic heterocycles. The van der Waals surface area contributed by atoms with E-state index in [2.05, 4.69) is 36.0 Å². The Morgan fingerprint density at radius 3 is 2.08 bits per heavy atom. The van der Waals surface area contributed by atoms with E-state index >= 15 is 0 Å². The molecule has 0 unspecified atom stereocenters. The van der Waals surface area contributed by atoms with Gasteiger partial charge in [0.05, 0.1) is 0 Å². The van der Waals surface area contributed by atoms with Crippen molar-refractivity contribution in [3.63, 3.8) is 0 Å². The van der Waals surface area contributed by atoms with Gasteiger partial charge in [0.1, 0.15) is 6.54 Å². The highest BCUT2D eigenvalue weighted by Gasteiger charge is 1.90.